The minimum absolute atomic E-state index is 0.348. The van der Waals surface area contributed by atoms with Gasteiger partial charge >= 0.3 is 6.18 Å². The maximum atomic E-state index is 12.5. The molecule has 100 valence electrons. The predicted octanol–water partition coefficient (Wildman–Crippen LogP) is 2.79. The Morgan fingerprint density at radius 1 is 1.11 bits per heavy atom. The van der Waals surface area contributed by atoms with Gasteiger partial charge in [-0.15, -0.1) is 0 Å². The average Bonchev–Trinajstić information content (AvgIpc) is 2.39. The van der Waals surface area contributed by atoms with Crippen molar-refractivity contribution >= 4 is 0 Å². The van der Waals surface area contributed by atoms with Crippen LogP contribution in [-0.2, 0) is 19.3 Å². The molecule has 0 atom stereocenters. The van der Waals surface area contributed by atoms with Gasteiger partial charge in [0.15, 0.2) is 0 Å². The van der Waals surface area contributed by atoms with Crippen LogP contribution < -0.4 is 5.32 Å². The quantitative estimate of drug-likeness (QED) is 0.925. The topological polar surface area (TPSA) is 37.8 Å². The lowest BCUT2D eigenvalue weighted by molar-refractivity contribution is -0.137. The molecule has 1 aromatic carbocycles. The van der Waals surface area contributed by atoms with E-state index in [-0.39, 0.29) is 0 Å². The Balaban J connectivity index is 1.93. The summed E-state index contributed by atoms with van der Waals surface area (Å²) in [7, 11) is 0. The van der Waals surface area contributed by atoms with Crippen LogP contribution in [0.5, 0.6) is 0 Å². The molecule has 0 aliphatic carbocycles. The van der Waals surface area contributed by atoms with Gasteiger partial charge in [-0.1, -0.05) is 18.2 Å². The predicted molar refractivity (Wildman–Crippen MR) is 64.0 cm³/mol. The lowest BCUT2D eigenvalue weighted by Crippen LogP contribution is -2.14. The Morgan fingerprint density at radius 2 is 1.95 bits per heavy atom. The van der Waals surface area contributed by atoms with E-state index in [0.29, 0.717) is 18.7 Å². The molecule has 0 aliphatic heterocycles. The van der Waals surface area contributed by atoms with E-state index >= 15 is 0 Å². The highest BCUT2D eigenvalue weighted by molar-refractivity contribution is 5.25. The molecule has 6 heteroatoms. The summed E-state index contributed by atoms with van der Waals surface area (Å²) in [6, 6.07) is 5.26. The number of hydrogen-bond acceptors (Lipinski definition) is 3. The van der Waals surface area contributed by atoms with E-state index in [1.54, 1.807) is 24.7 Å². The fraction of sp³-hybridized carbons (Fsp3) is 0.231. The second-order valence-corrected chi connectivity index (χ2v) is 4.00. The lowest BCUT2D eigenvalue weighted by Gasteiger charge is -2.09. The van der Waals surface area contributed by atoms with Crippen molar-refractivity contribution in [3.05, 3.63) is 59.7 Å². The zero-order chi connectivity index (χ0) is 13.7. The number of alkyl halides is 3. The van der Waals surface area contributed by atoms with Gasteiger partial charge < -0.3 is 5.32 Å². The molecule has 1 aromatic heterocycles. The number of hydrogen-bond donors (Lipinski definition) is 1. The van der Waals surface area contributed by atoms with E-state index < -0.39 is 11.7 Å². The van der Waals surface area contributed by atoms with Crippen LogP contribution in [0.15, 0.2) is 42.9 Å². The summed E-state index contributed by atoms with van der Waals surface area (Å²) in [6.07, 6.45) is 0.442. The maximum Gasteiger partial charge on any atom is 0.416 e. The minimum atomic E-state index is -4.30. The second-order valence-electron chi connectivity index (χ2n) is 4.00. The molecule has 0 radical (unpaired) electrons. The number of benzene rings is 1. The third-order valence-electron chi connectivity index (χ3n) is 2.51. The van der Waals surface area contributed by atoms with Crippen LogP contribution in [-0.4, -0.2) is 9.97 Å². The number of nitrogens with zero attached hydrogens (tertiary/aromatic N) is 2. The standard InChI is InChI=1S/C13H12F3N3/c14-13(15,16)11-3-1-2-10(6-11)7-18-9-12-8-17-4-5-19-12/h1-6,8,18H,7,9H2. The van der Waals surface area contributed by atoms with Crippen molar-refractivity contribution in [3.8, 4) is 0 Å². The second kappa shape index (κ2) is 5.79. The molecular weight excluding hydrogens is 255 g/mol. The van der Waals surface area contributed by atoms with E-state index in [1.165, 1.54) is 6.07 Å². The van der Waals surface area contributed by atoms with Gasteiger partial charge in [0.2, 0.25) is 0 Å². The summed E-state index contributed by atoms with van der Waals surface area (Å²) in [5.74, 6) is 0. The molecule has 0 amide bonds. The van der Waals surface area contributed by atoms with Crippen LogP contribution in [0.3, 0.4) is 0 Å². The molecule has 2 aromatic rings. The summed E-state index contributed by atoms with van der Waals surface area (Å²) < 4.78 is 37.5. The molecule has 2 rings (SSSR count). The van der Waals surface area contributed by atoms with Crippen molar-refractivity contribution < 1.29 is 13.2 Å². The van der Waals surface area contributed by atoms with Crippen LogP contribution in [0.2, 0.25) is 0 Å². The van der Waals surface area contributed by atoms with E-state index in [2.05, 4.69) is 15.3 Å². The number of rotatable bonds is 4. The first-order chi connectivity index (χ1) is 9.05. The first-order valence-electron chi connectivity index (χ1n) is 5.67. The highest BCUT2D eigenvalue weighted by Gasteiger charge is 2.30. The first kappa shape index (κ1) is 13.5. The van der Waals surface area contributed by atoms with Crippen LogP contribution in [0, 0.1) is 0 Å². The third-order valence-corrected chi connectivity index (χ3v) is 2.51. The van der Waals surface area contributed by atoms with Gasteiger partial charge in [-0.3, -0.25) is 9.97 Å². The van der Waals surface area contributed by atoms with Gasteiger partial charge in [0.25, 0.3) is 0 Å². The molecule has 0 aliphatic rings. The largest absolute Gasteiger partial charge is 0.416 e. The zero-order valence-corrected chi connectivity index (χ0v) is 9.98. The Morgan fingerprint density at radius 3 is 2.63 bits per heavy atom. The molecule has 0 spiro atoms. The van der Waals surface area contributed by atoms with Gasteiger partial charge in [0.05, 0.1) is 11.3 Å². The Hall–Kier alpha value is -1.95. The number of nitrogens with one attached hydrogen (secondary N) is 1. The van der Waals surface area contributed by atoms with Crippen molar-refractivity contribution in [2.45, 2.75) is 19.3 Å². The van der Waals surface area contributed by atoms with E-state index in [4.69, 9.17) is 0 Å². The molecule has 19 heavy (non-hydrogen) atoms. The SMILES string of the molecule is FC(F)(F)c1cccc(CNCc2cnccn2)c1. The van der Waals surface area contributed by atoms with Crippen LogP contribution in [0.1, 0.15) is 16.8 Å². The zero-order valence-electron chi connectivity index (χ0n) is 9.98. The minimum Gasteiger partial charge on any atom is -0.307 e. The van der Waals surface area contributed by atoms with Crippen molar-refractivity contribution in [1.82, 2.24) is 15.3 Å². The molecule has 0 saturated carbocycles. The fourth-order valence-electron chi connectivity index (χ4n) is 1.61. The normalized spacial score (nSPS) is 11.5. The van der Waals surface area contributed by atoms with E-state index in [0.717, 1.165) is 17.8 Å². The lowest BCUT2D eigenvalue weighted by atomic mass is 10.1. The van der Waals surface area contributed by atoms with Gasteiger partial charge in [-0.25, -0.2) is 0 Å². The van der Waals surface area contributed by atoms with E-state index in [9.17, 15) is 13.2 Å². The fourth-order valence-corrected chi connectivity index (χ4v) is 1.61. The van der Waals surface area contributed by atoms with Crippen molar-refractivity contribution in [1.29, 1.82) is 0 Å². The highest BCUT2D eigenvalue weighted by atomic mass is 19.4. The molecule has 0 saturated heterocycles. The van der Waals surface area contributed by atoms with Gasteiger partial charge in [0, 0.05) is 31.7 Å². The molecular formula is C13H12F3N3. The summed E-state index contributed by atoms with van der Waals surface area (Å²) in [5.41, 5.74) is 0.694. The number of halogens is 3. The van der Waals surface area contributed by atoms with Crippen LogP contribution in [0.4, 0.5) is 13.2 Å². The molecule has 1 heterocycles. The molecule has 3 nitrogen and oxygen atoms in total. The van der Waals surface area contributed by atoms with E-state index in [1.807, 2.05) is 0 Å². The summed E-state index contributed by atoms with van der Waals surface area (Å²) >= 11 is 0. The van der Waals surface area contributed by atoms with Crippen molar-refractivity contribution in [3.63, 3.8) is 0 Å². The monoisotopic (exact) mass is 267 g/mol. The third kappa shape index (κ3) is 4.03. The summed E-state index contributed by atoms with van der Waals surface area (Å²) in [5, 5.41) is 3.03. The van der Waals surface area contributed by atoms with Gasteiger partial charge in [-0.05, 0) is 11.6 Å². The van der Waals surface area contributed by atoms with Crippen LogP contribution >= 0.6 is 0 Å². The van der Waals surface area contributed by atoms with Crippen molar-refractivity contribution in [2.75, 3.05) is 0 Å². The van der Waals surface area contributed by atoms with Crippen LogP contribution in [0.25, 0.3) is 0 Å². The molecule has 0 unspecified atom stereocenters. The maximum absolute atomic E-state index is 12.5. The molecule has 0 bridgehead atoms. The summed E-state index contributed by atoms with van der Waals surface area (Å²) in [4.78, 5) is 7.97. The Labute approximate surface area is 108 Å². The average molecular weight is 267 g/mol. The van der Waals surface area contributed by atoms with Gasteiger partial charge in [-0.2, -0.15) is 13.2 Å². The highest BCUT2D eigenvalue weighted by Crippen LogP contribution is 2.29. The Bertz CT molecular complexity index is 526. The van der Waals surface area contributed by atoms with Gasteiger partial charge in [0.1, 0.15) is 0 Å². The number of aromatic nitrogens is 2. The van der Waals surface area contributed by atoms with Crippen molar-refractivity contribution in [2.24, 2.45) is 0 Å². The molecule has 0 fully saturated rings. The summed E-state index contributed by atoms with van der Waals surface area (Å²) in [6.45, 7) is 0.810. The smallest absolute Gasteiger partial charge is 0.307 e. The molecule has 1 N–H and O–H groups in total. The first-order valence-corrected chi connectivity index (χ1v) is 5.67. The Kier molecular flexibility index (Phi) is 4.11.